The highest BCUT2D eigenvalue weighted by atomic mass is 16.6. The van der Waals surface area contributed by atoms with E-state index >= 15 is 0 Å². The van der Waals surface area contributed by atoms with Gasteiger partial charge in [-0.1, -0.05) is 0 Å². The summed E-state index contributed by atoms with van der Waals surface area (Å²) in [6.45, 7) is 6.60. The summed E-state index contributed by atoms with van der Waals surface area (Å²) < 4.78 is 10.7. The molecule has 0 radical (unpaired) electrons. The molecule has 1 saturated heterocycles. The Hall–Kier alpha value is -1.23. The minimum atomic E-state index is -1.02. The van der Waals surface area contributed by atoms with E-state index in [9.17, 15) is 9.90 Å². The highest BCUT2D eigenvalue weighted by Crippen LogP contribution is 2.32. The molecule has 5 heteroatoms. The number of allylic oxidation sites excluding steroid dienone is 1. The summed E-state index contributed by atoms with van der Waals surface area (Å²) in [6.07, 6.45) is 3.43. The maximum Gasteiger partial charge on any atom is 0.410 e. The summed E-state index contributed by atoms with van der Waals surface area (Å²) >= 11 is 0. The average molecular weight is 255 g/mol. The standard InChI is InChI=1S/C13H21NO4/c1-12(2,3)18-11(15)14-8-13(16,9-14)10-6-4-5-7-17-10/h6,16H,4-5,7-9H2,1-3H3. The molecule has 0 aromatic rings. The van der Waals surface area contributed by atoms with Crippen LogP contribution < -0.4 is 0 Å². The molecule has 0 aromatic carbocycles. The fourth-order valence-corrected chi connectivity index (χ4v) is 2.08. The number of amides is 1. The van der Waals surface area contributed by atoms with Crippen molar-refractivity contribution in [3.63, 3.8) is 0 Å². The number of aliphatic hydroxyl groups is 1. The predicted octanol–water partition coefficient (Wildman–Crippen LogP) is 1.66. The highest BCUT2D eigenvalue weighted by Gasteiger charge is 2.49. The largest absolute Gasteiger partial charge is 0.495 e. The van der Waals surface area contributed by atoms with Crippen LogP contribution in [0.2, 0.25) is 0 Å². The minimum absolute atomic E-state index is 0.244. The van der Waals surface area contributed by atoms with Crippen LogP contribution in [0.5, 0.6) is 0 Å². The first-order chi connectivity index (χ1) is 8.30. The molecule has 1 amide bonds. The number of ether oxygens (including phenoxy) is 2. The molecule has 1 N–H and O–H groups in total. The van der Waals surface area contributed by atoms with E-state index in [1.165, 1.54) is 4.90 Å². The molecular weight excluding hydrogens is 234 g/mol. The van der Waals surface area contributed by atoms with Crippen molar-refractivity contribution in [3.8, 4) is 0 Å². The van der Waals surface area contributed by atoms with Crippen molar-refractivity contribution in [1.29, 1.82) is 0 Å². The van der Waals surface area contributed by atoms with Gasteiger partial charge in [-0.15, -0.1) is 0 Å². The maximum absolute atomic E-state index is 11.7. The molecule has 5 nitrogen and oxygen atoms in total. The van der Waals surface area contributed by atoms with Crippen molar-refractivity contribution < 1.29 is 19.4 Å². The second kappa shape index (κ2) is 4.46. The Bertz CT molecular complexity index is 364. The lowest BCUT2D eigenvalue weighted by molar-refractivity contribution is -0.104. The number of likely N-dealkylation sites (tertiary alicyclic amines) is 1. The summed E-state index contributed by atoms with van der Waals surface area (Å²) in [7, 11) is 0. The zero-order valence-corrected chi connectivity index (χ0v) is 11.2. The third kappa shape index (κ3) is 2.77. The van der Waals surface area contributed by atoms with Gasteiger partial charge in [-0.25, -0.2) is 4.79 Å². The highest BCUT2D eigenvalue weighted by molar-refractivity contribution is 5.70. The molecule has 0 aromatic heterocycles. The lowest BCUT2D eigenvalue weighted by Crippen LogP contribution is -2.65. The molecule has 2 rings (SSSR count). The second-order valence-corrected chi connectivity index (χ2v) is 5.93. The van der Waals surface area contributed by atoms with Gasteiger partial charge in [-0.05, 0) is 39.7 Å². The van der Waals surface area contributed by atoms with Crippen LogP contribution >= 0.6 is 0 Å². The molecular formula is C13H21NO4. The van der Waals surface area contributed by atoms with Gasteiger partial charge in [0, 0.05) is 0 Å². The monoisotopic (exact) mass is 255 g/mol. The first-order valence-electron chi connectivity index (χ1n) is 6.34. The SMILES string of the molecule is CC(C)(C)OC(=O)N1CC(O)(C2=CCCCO2)C1. The minimum Gasteiger partial charge on any atom is -0.495 e. The summed E-state index contributed by atoms with van der Waals surface area (Å²) in [5.41, 5.74) is -1.53. The van der Waals surface area contributed by atoms with Crippen LogP contribution in [0.3, 0.4) is 0 Å². The Morgan fingerprint density at radius 3 is 2.67 bits per heavy atom. The van der Waals surface area contributed by atoms with Crippen LogP contribution in [-0.2, 0) is 9.47 Å². The Labute approximate surface area is 107 Å². The zero-order chi connectivity index (χ0) is 13.4. The van der Waals surface area contributed by atoms with E-state index in [0.717, 1.165) is 12.8 Å². The molecule has 1 fully saturated rings. The van der Waals surface area contributed by atoms with E-state index in [1.807, 2.05) is 26.8 Å². The van der Waals surface area contributed by atoms with E-state index in [0.29, 0.717) is 12.4 Å². The zero-order valence-electron chi connectivity index (χ0n) is 11.2. The number of nitrogens with zero attached hydrogens (tertiary/aromatic N) is 1. The van der Waals surface area contributed by atoms with Crippen molar-refractivity contribution in [3.05, 3.63) is 11.8 Å². The fourth-order valence-electron chi connectivity index (χ4n) is 2.08. The topological polar surface area (TPSA) is 59.0 Å². The predicted molar refractivity (Wildman–Crippen MR) is 66.0 cm³/mol. The quantitative estimate of drug-likeness (QED) is 0.774. The summed E-state index contributed by atoms with van der Waals surface area (Å²) in [4.78, 5) is 13.2. The van der Waals surface area contributed by atoms with Crippen molar-refractivity contribution in [1.82, 2.24) is 4.90 Å². The van der Waals surface area contributed by atoms with Gasteiger partial charge in [0.05, 0.1) is 19.7 Å². The van der Waals surface area contributed by atoms with E-state index < -0.39 is 11.2 Å². The van der Waals surface area contributed by atoms with Gasteiger partial charge in [0.25, 0.3) is 0 Å². The summed E-state index contributed by atoms with van der Waals surface area (Å²) in [5, 5.41) is 10.3. The lowest BCUT2D eigenvalue weighted by atomic mass is 9.90. The normalized spacial score (nSPS) is 22.7. The molecule has 0 atom stereocenters. The van der Waals surface area contributed by atoms with Crippen LogP contribution in [0.15, 0.2) is 11.8 Å². The molecule has 2 aliphatic heterocycles. The average Bonchev–Trinajstić information content (AvgIpc) is 2.23. The Kier molecular flexibility index (Phi) is 3.27. The maximum atomic E-state index is 11.7. The van der Waals surface area contributed by atoms with Crippen molar-refractivity contribution in [2.75, 3.05) is 19.7 Å². The molecule has 2 heterocycles. The third-order valence-electron chi connectivity index (χ3n) is 2.95. The number of β-amino-alcohol motifs (C(OH)–C–C–N with tert-alkyl or cyclic N) is 1. The Morgan fingerprint density at radius 2 is 2.17 bits per heavy atom. The number of hydrogen-bond acceptors (Lipinski definition) is 4. The van der Waals surface area contributed by atoms with E-state index in [1.54, 1.807) is 0 Å². The molecule has 0 unspecified atom stereocenters. The lowest BCUT2D eigenvalue weighted by Gasteiger charge is -2.47. The van der Waals surface area contributed by atoms with E-state index in [4.69, 9.17) is 9.47 Å². The molecule has 0 saturated carbocycles. The molecule has 0 aliphatic carbocycles. The number of hydrogen-bond donors (Lipinski definition) is 1. The van der Waals surface area contributed by atoms with E-state index in [-0.39, 0.29) is 19.2 Å². The molecule has 0 bridgehead atoms. The van der Waals surface area contributed by atoms with E-state index in [2.05, 4.69) is 0 Å². The number of carbonyl (C=O) groups excluding carboxylic acids is 1. The van der Waals surface area contributed by atoms with Crippen LogP contribution in [0.1, 0.15) is 33.6 Å². The third-order valence-corrected chi connectivity index (χ3v) is 2.95. The number of carbonyl (C=O) groups is 1. The first-order valence-corrected chi connectivity index (χ1v) is 6.34. The van der Waals surface area contributed by atoms with Crippen molar-refractivity contribution in [2.45, 2.75) is 44.8 Å². The number of rotatable bonds is 1. The van der Waals surface area contributed by atoms with Crippen LogP contribution in [0, 0.1) is 0 Å². The first kappa shape index (κ1) is 13.2. The second-order valence-electron chi connectivity index (χ2n) is 5.93. The fraction of sp³-hybridized carbons (Fsp3) is 0.769. The van der Waals surface area contributed by atoms with Crippen molar-refractivity contribution in [2.24, 2.45) is 0 Å². The molecule has 0 spiro atoms. The van der Waals surface area contributed by atoms with Gasteiger partial charge < -0.3 is 19.5 Å². The van der Waals surface area contributed by atoms with Gasteiger partial charge >= 0.3 is 6.09 Å². The summed E-state index contributed by atoms with van der Waals surface area (Å²) in [5.74, 6) is 0.605. The van der Waals surface area contributed by atoms with Crippen LogP contribution in [-0.4, -0.2) is 47.0 Å². The smallest absolute Gasteiger partial charge is 0.410 e. The van der Waals surface area contributed by atoms with Crippen LogP contribution in [0.4, 0.5) is 4.79 Å². The van der Waals surface area contributed by atoms with Gasteiger partial charge in [0.1, 0.15) is 11.4 Å². The van der Waals surface area contributed by atoms with Gasteiger partial charge in [-0.3, -0.25) is 0 Å². The van der Waals surface area contributed by atoms with Gasteiger partial charge in [0.15, 0.2) is 5.60 Å². The van der Waals surface area contributed by atoms with Gasteiger partial charge in [-0.2, -0.15) is 0 Å². The van der Waals surface area contributed by atoms with Crippen molar-refractivity contribution >= 4 is 6.09 Å². The Morgan fingerprint density at radius 1 is 1.50 bits per heavy atom. The summed E-state index contributed by atoms with van der Waals surface area (Å²) in [6, 6.07) is 0. The Balaban J connectivity index is 1.89. The molecule has 18 heavy (non-hydrogen) atoms. The van der Waals surface area contributed by atoms with Gasteiger partial charge in [0.2, 0.25) is 0 Å². The molecule has 102 valence electrons. The molecule has 2 aliphatic rings. The van der Waals surface area contributed by atoms with Crippen LogP contribution in [0.25, 0.3) is 0 Å².